The third kappa shape index (κ3) is 2.98. The summed E-state index contributed by atoms with van der Waals surface area (Å²) in [6, 6.07) is 7.70. The van der Waals surface area contributed by atoms with E-state index in [0.29, 0.717) is 11.7 Å². The molecule has 84 valence electrons. The van der Waals surface area contributed by atoms with Gasteiger partial charge < -0.3 is 5.11 Å². The average Bonchev–Trinajstić information content (AvgIpc) is 2.27. The maximum Gasteiger partial charge on any atom is 0.115 e. The number of hydrogen-bond donors (Lipinski definition) is 1. The molecule has 0 saturated heterocycles. The van der Waals surface area contributed by atoms with Crippen molar-refractivity contribution in [3.63, 3.8) is 0 Å². The van der Waals surface area contributed by atoms with Gasteiger partial charge in [0.15, 0.2) is 0 Å². The zero-order chi connectivity index (χ0) is 11.3. The molecule has 0 aromatic heterocycles. The first-order valence-electron chi connectivity index (χ1n) is 6.01. The molecule has 0 bridgehead atoms. The Bertz CT molecular complexity index is 272. The molecule has 1 rings (SSSR count). The van der Waals surface area contributed by atoms with Gasteiger partial charge in [-0.2, -0.15) is 0 Å². The topological polar surface area (TPSA) is 20.2 Å². The minimum atomic E-state index is 0.359. The van der Waals surface area contributed by atoms with Crippen LogP contribution in [0.3, 0.4) is 0 Å². The van der Waals surface area contributed by atoms with Gasteiger partial charge in [0.25, 0.3) is 0 Å². The smallest absolute Gasteiger partial charge is 0.115 e. The second kappa shape index (κ2) is 5.79. The van der Waals surface area contributed by atoms with Crippen LogP contribution in [0.2, 0.25) is 0 Å². The number of phenols is 1. The molecule has 0 amide bonds. The maximum absolute atomic E-state index is 9.26. The van der Waals surface area contributed by atoms with E-state index >= 15 is 0 Å². The molecule has 1 aromatic carbocycles. The van der Waals surface area contributed by atoms with Gasteiger partial charge in [-0.05, 0) is 36.0 Å². The van der Waals surface area contributed by atoms with Crippen molar-refractivity contribution >= 4 is 0 Å². The van der Waals surface area contributed by atoms with Gasteiger partial charge in [0.1, 0.15) is 5.75 Å². The summed E-state index contributed by atoms with van der Waals surface area (Å²) in [6.45, 7) is 6.77. The van der Waals surface area contributed by atoms with E-state index in [1.54, 1.807) is 12.1 Å². The highest BCUT2D eigenvalue weighted by molar-refractivity contribution is 5.28. The zero-order valence-corrected chi connectivity index (χ0v) is 10.0. The molecule has 0 radical (unpaired) electrons. The Morgan fingerprint density at radius 3 is 1.87 bits per heavy atom. The highest BCUT2D eigenvalue weighted by Gasteiger charge is 2.18. The fraction of sp³-hybridized carbons (Fsp3) is 0.571. The predicted octanol–water partition coefficient (Wildman–Crippen LogP) is 4.32. The summed E-state index contributed by atoms with van der Waals surface area (Å²) in [5.74, 6) is 1.76. The van der Waals surface area contributed by atoms with Crippen molar-refractivity contribution in [3.05, 3.63) is 29.8 Å². The first-order chi connectivity index (χ1) is 7.22. The molecule has 0 saturated carbocycles. The van der Waals surface area contributed by atoms with E-state index in [1.165, 1.54) is 24.8 Å². The Balaban J connectivity index is 2.86. The minimum absolute atomic E-state index is 0.359. The van der Waals surface area contributed by atoms with Crippen molar-refractivity contribution in [3.8, 4) is 5.75 Å². The van der Waals surface area contributed by atoms with Crippen LogP contribution in [0.5, 0.6) is 5.75 Å². The highest BCUT2D eigenvalue weighted by atomic mass is 16.3. The lowest BCUT2D eigenvalue weighted by molar-refractivity contribution is 0.387. The Morgan fingerprint density at radius 2 is 1.47 bits per heavy atom. The molecule has 1 heteroatoms. The summed E-state index contributed by atoms with van der Waals surface area (Å²) in [5, 5.41) is 9.26. The summed E-state index contributed by atoms with van der Waals surface area (Å²) in [7, 11) is 0. The molecule has 0 aliphatic carbocycles. The molecule has 1 N–H and O–H groups in total. The molecule has 1 aromatic rings. The number of benzene rings is 1. The molecular weight excluding hydrogens is 184 g/mol. The Morgan fingerprint density at radius 1 is 0.933 bits per heavy atom. The molecule has 1 unspecified atom stereocenters. The van der Waals surface area contributed by atoms with Crippen molar-refractivity contribution in [1.82, 2.24) is 0 Å². The van der Waals surface area contributed by atoms with E-state index in [4.69, 9.17) is 0 Å². The fourth-order valence-corrected chi connectivity index (χ4v) is 2.42. The number of phenolic OH excluding ortho intramolecular Hbond substituents is 1. The van der Waals surface area contributed by atoms with Gasteiger partial charge in [0.2, 0.25) is 0 Å². The van der Waals surface area contributed by atoms with E-state index in [0.717, 1.165) is 5.92 Å². The highest BCUT2D eigenvalue weighted by Crippen LogP contribution is 2.32. The molecule has 0 aliphatic heterocycles. The van der Waals surface area contributed by atoms with Crippen LogP contribution in [0.1, 0.15) is 51.5 Å². The van der Waals surface area contributed by atoms with Gasteiger partial charge in [0, 0.05) is 0 Å². The first-order valence-corrected chi connectivity index (χ1v) is 6.01. The average molecular weight is 206 g/mol. The second-order valence-corrected chi connectivity index (χ2v) is 4.18. The third-order valence-corrected chi connectivity index (χ3v) is 3.38. The van der Waals surface area contributed by atoms with Gasteiger partial charge in [0.05, 0.1) is 0 Å². The van der Waals surface area contributed by atoms with Crippen LogP contribution in [0.25, 0.3) is 0 Å². The van der Waals surface area contributed by atoms with E-state index in [9.17, 15) is 5.11 Å². The third-order valence-electron chi connectivity index (χ3n) is 3.38. The number of hydrogen-bond acceptors (Lipinski definition) is 1. The number of rotatable bonds is 5. The lowest BCUT2D eigenvalue weighted by atomic mass is 9.81. The molecule has 1 nitrogen and oxygen atoms in total. The SMILES string of the molecule is CCC(CC)C(CC)c1ccc(O)cc1. The zero-order valence-electron chi connectivity index (χ0n) is 10.0. The van der Waals surface area contributed by atoms with Gasteiger partial charge >= 0.3 is 0 Å². The van der Waals surface area contributed by atoms with Crippen molar-refractivity contribution in [2.24, 2.45) is 5.92 Å². The Labute approximate surface area is 93.1 Å². The molecule has 0 aliphatic rings. The Hall–Kier alpha value is -0.980. The van der Waals surface area contributed by atoms with Crippen molar-refractivity contribution in [2.75, 3.05) is 0 Å². The van der Waals surface area contributed by atoms with Crippen molar-refractivity contribution < 1.29 is 5.11 Å². The minimum Gasteiger partial charge on any atom is -0.508 e. The second-order valence-electron chi connectivity index (χ2n) is 4.18. The lowest BCUT2D eigenvalue weighted by Gasteiger charge is -2.24. The van der Waals surface area contributed by atoms with E-state index in [2.05, 4.69) is 32.9 Å². The molecule has 0 fully saturated rings. The summed E-state index contributed by atoms with van der Waals surface area (Å²) < 4.78 is 0. The fourth-order valence-electron chi connectivity index (χ4n) is 2.42. The van der Waals surface area contributed by atoms with Crippen LogP contribution in [-0.4, -0.2) is 5.11 Å². The predicted molar refractivity (Wildman–Crippen MR) is 65.2 cm³/mol. The lowest BCUT2D eigenvalue weighted by Crippen LogP contribution is -2.10. The monoisotopic (exact) mass is 206 g/mol. The van der Waals surface area contributed by atoms with E-state index < -0.39 is 0 Å². The van der Waals surface area contributed by atoms with Gasteiger partial charge in [-0.15, -0.1) is 0 Å². The van der Waals surface area contributed by atoms with Crippen LogP contribution in [-0.2, 0) is 0 Å². The van der Waals surface area contributed by atoms with Crippen LogP contribution in [0.4, 0.5) is 0 Å². The van der Waals surface area contributed by atoms with Crippen LogP contribution < -0.4 is 0 Å². The van der Waals surface area contributed by atoms with E-state index in [1.807, 2.05) is 0 Å². The summed E-state index contributed by atoms with van der Waals surface area (Å²) in [4.78, 5) is 0. The molecular formula is C14H22O. The summed E-state index contributed by atoms with van der Waals surface area (Å²) in [5.41, 5.74) is 1.36. The van der Waals surface area contributed by atoms with Crippen molar-refractivity contribution in [2.45, 2.75) is 46.0 Å². The summed E-state index contributed by atoms with van der Waals surface area (Å²) >= 11 is 0. The first kappa shape index (κ1) is 12.1. The molecule has 0 heterocycles. The Kier molecular flexibility index (Phi) is 4.67. The van der Waals surface area contributed by atoms with Crippen molar-refractivity contribution in [1.29, 1.82) is 0 Å². The molecule has 0 spiro atoms. The van der Waals surface area contributed by atoms with Crippen LogP contribution in [0, 0.1) is 5.92 Å². The largest absolute Gasteiger partial charge is 0.508 e. The van der Waals surface area contributed by atoms with Gasteiger partial charge in [-0.1, -0.05) is 45.7 Å². The van der Waals surface area contributed by atoms with Gasteiger partial charge in [-0.3, -0.25) is 0 Å². The van der Waals surface area contributed by atoms with Gasteiger partial charge in [-0.25, -0.2) is 0 Å². The molecule has 15 heavy (non-hydrogen) atoms. The normalized spacial score (nSPS) is 13.1. The standard InChI is InChI=1S/C14H22O/c1-4-11(5-2)14(6-3)12-7-9-13(15)10-8-12/h7-11,14-15H,4-6H2,1-3H3. The number of aromatic hydroxyl groups is 1. The quantitative estimate of drug-likeness (QED) is 0.760. The molecule has 1 atom stereocenters. The maximum atomic E-state index is 9.26. The van der Waals surface area contributed by atoms with E-state index in [-0.39, 0.29) is 0 Å². The summed E-state index contributed by atoms with van der Waals surface area (Å²) in [6.07, 6.45) is 3.64. The van der Waals surface area contributed by atoms with Crippen LogP contribution in [0.15, 0.2) is 24.3 Å². The van der Waals surface area contributed by atoms with Crippen LogP contribution >= 0.6 is 0 Å².